The van der Waals surface area contributed by atoms with Crippen LogP contribution in [0.2, 0.25) is 0 Å². The summed E-state index contributed by atoms with van der Waals surface area (Å²) in [6.45, 7) is 2.21. The van der Waals surface area contributed by atoms with E-state index >= 15 is 0 Å². The quantitative estimate of drug-likeness (QED) is 0.451. The third kappa shape index (κ3) is 4.00. The number of piperidine rings is 1. The van der Waals surface area contributed by atoms with Crippen LogP contribution in [0.5, 0.6) is 11.5 Å². The maximum atomic E-state index is 13.2. The first-order chi connectivity index (χ1) is 16.7. The van der Waals surface area contributed by atoms with E-state index in [1.165, 1.54) is 0 Å². The van der Waals surface area contributed by atoms with Crippen molar-refractivity contribution in [2.75, 3.05) is 19.9 Å². The normalized spacial score (nSPS) is 17.2. The molecule has 1 fully saturated rings. The first-order valence-corrected chi connectivity index (χ1v) is 11.3. The molecule has 1 amide bonds. The van der Waals surface area contributed by atoms with Crippen molar-refractivity contribution in [1.82, 2.24) is 24.6 Å². The van der Waals surface area contributed by atoms with Crippen LogP contribution in [0.3, 0.4) is 0 Å². The summed E-state index contributed by atoms with van der Waals surface area (Å²) >= 11 is 0. The fraction of sp³-hybridized carbons (Fsp3) is 0.280. The van der Waals surface area contributed by atoms with Crippen molar-refractivity contribution in [3.8, 4) is 23.0 Å². The summed E-state index contributed by atoms with van der Waals surface area (Å²) in [7, 11) is 0. The fourth-order valence-electron chi connectivity index (χ4n) is 4.44. The minimum atomic E-state index is 0.00785. The summed E-state index contributed by atoms with van der Waals surface area (Å²) in [5.41, 5.74) is 2.58. The number of rotatable bonds is 5. The van der Waals surface area contributed by atoms with Gasteiger partial charge in [0.25, 0.3) is 5.91 Å². The van der Waals surface area contributed by atoms with Gasteiger partial charge in [0, 0.05) is 43.2 Å². The van der Waals surface area contributed by atoms with Gasteiger partial charge in [0.2, 0.25) is 18.6 Å². The standard InChI is InChI=1S/C25H23N5O4/c31-25(18-5-3-17(4-6-18)13-29-11-9-26-15-29)30-10-1-2-20(14-30)24-28-27-23(34-24)19-7-8-21-22(12-19)33-16-32-21/h3-9,11-12,15,20H,1-2,10,13-14,16H2. The monoisotopic (exact) mass is 457 g/mol. The van der Waals surface area contributed by atoms with E-state index < -0.39 is 0 Å². The highest BCUT2D eigenvalue weighted by Gasteiger charge is 2.29. The van der Waals surface area contributed by atoms with Crippen molar-refractivity contribution >= 4 is 5.91 Å². The molecule has 0 spiro atoms. The third-order valence-electron chi connectivity index (χ3n) is 6.24. The van der Waals surface area contributed by atoms with Gasteiger partial charge in [-0.05, 0) is 48.7 Å². The van der Waals surface area contributed by atoms with Crippen LogP contribution in [0, 0.1) is 0 Å². The van der Waals surface area contributed by atoms with E-state index in [1.54, 1.807) is 12.5 Å². The van der Waals surface area contributed by atoms with E-state index in [1.807, 2.05) is 58.1 Å². The summed E-state index contributed by atoms with van der Waals surface area (Å²) in [5.74, 6) is 2.40. The zero-order valence-electron chi connectivity index (χ0n) is 18.5. The van der Waals surface area contributed by atoms with Gasteiger partial charge in [-0.2, -0.15) is 0 Å². The lowest BCUT2D eigenvalue weighted by molar-refractivity contribution is 0.0698. The zero-order valence-corrected chi connectivity index (χ0v) is 18.5. The van der Waals surface area contributed by atoms with E-state index in [9.17, 15) is 4.79 Å². The van der Waals surface area contributed by atoms with Gasteiger partial charge in [-0.25, -0.2) is 4.98 Å². The number of imidazole rings is 1. The minimum Gasteiger partial charge on any atom is -0.454 e. The van der Waals surface area contributed by atoms with Gasteiger partial charge in [-0.15, -0.1) is 10.2 Å². The Hall–Kier alpha value is -4.14. The van der Waals surface area contributed by atoms with Crippen LogP contribution in [0.1, 0.15) is 40.6 Å². The Labute approximate surface area is 195 Å². The second-order valence-electron chi connectivity index (χ2n) is 8.54. The molecule has 0 bridgehead atoms. The van der Waals surface area contributed by atoms with Gasteiger partial charge in [0.05, 0.1) is 12.2 Å². The molecule has 6 rings (SSSR count). The Balaban J connectivity index is 1.13. The summed E-state index contributed by atoms with van der Waals surface area (Å²) in [6.07, 6.45) is 7.24. The van der Waals surface area contributed by atoms with Crippen LogP contribution in [-0.2, 0) is 6.54 Å². The number of hydrogen-bond donors (Lipinski definition) is 0. The Morgan fingerprint density at radius 2 is 1.94 bits per heavy atom. The third-order valence-corrected chi connectivity index (χ3v) is 6.24. The number of fused-ring (bicyclic) bond motifs is 1. The number of hydrogen-bond acceptors (Lipinski definition) is 7. The fourth-order valence-corrected chi connectivity index (χ4v) is 4.44. The van der Waals surface area contributed by atoms with Crippen molar-refractivity contribution in [1.29, 1.82) is 0 Å². The van der Waals surface area contributed by atoms with Crippen LogP contribution in [0.4, 0.5) is 0 Å². The molecule has 9 nitrogen and oxygen atoms in total. The number of carbonyl (C=O) groups is 1. The molecular weight excluding hydrogens is 434 g/mol. The molecule has 2 aliphatic heterocycles. The molecule has 0 aliphatic carbocycles. The van der Waals surface area contributed by atoms with Gasteiger partial charge in [-0.3, -0.25) is 4.79 Å². The molecule has 34 heavy (non-hydrogen) atoms. The average molecular weight is 457 g/mol. The molecule has 1 unspecified atom stereocenters. The van der Waals surface area contributed by atoms with Gasteiger partial charge >= 0.3 is 0 Å². The summed E-state index contributed by atoms with van der Waals surface area (Å²) in [6, 6.07) is 13.3. The Kier molecular flexibility index (Phi) is 5.21. The van der Waals surface area contributed by atoms with Gasteiger partial charge in [-0.1, -0.05) is 12.1 Å². The molecule has 0 saturated carbocycles. The minimum absolute atomic E-state index is 0.00785. The predicted octanol–water partition coefficient (Wildman–Crippen LogP) is 3.73. The highest BCUT2D eigenvalue weighted by Crippen LogP contribution is 2.36. The first kappa shape index (κ1) is 20.5. The molecule has 172 valence electrons. The zero-order chi connectivity index (χ0) is 22.9. The van der Waals surface area contributed by atoms with Crippen LogP contribution in [0.15, 0.2) is 65.6 Å². The number of aromatic nitrogens is 4. The lowest BCUT2D eigenvalue weighted by Gasteiger charge is -2.31. The Morgan fingerprint density at radius 3 is 2.79 bits per heavy atom. The average Bonchev–Trinajstić information content (AvgIpc) is 3.66. The summed E-state index contributed by atoms with van der Waals surface area (Å²) in [5, 5.41) is 8.52. The van der Waals surface area contributed by atoms with E-state index in [0.29, 0.717) is 35.4 Å². The number of carbonyl (C=O) groups excluding carboxylic acids is 1. The van der Waals surface area contributed by atoms with E-state index in [-0.39, 0.29) is 18.6 Å². The number of nitrogens with zero attached hydrogens (tertiary/aromatic N) is 5. The summed E-state index contributed by atoms with van der Waals surface area (Å²) < 4.78 is 18.8. The number of ether oxygens (including phenoxy) is 2. The van der Waals surface area contributed by atoms with Crippen LogP contribution < -0.4 is 9.47 Å². The maximum Gasteiger partial charge on any atom is 0.253 e. The SMILES string of the molecule is O=C(c1ccc(Cn2ccnc2)cc1)N1CCCC(c2nnc(-c3ccc4c(c3)OCO4)o2)C1. The molecule has 2 aromatic heterocycles. The van der Waals surface area contributed by atoms with E-state index in [2.05, 4.69) is 15.2 Å². The lowest BCUT2D eigenvalue weighted by atomic mass is 9.97. The van der Waals surface area contributed by atoms with Crippen molar-refractivity contribution in [2.45, 2.75) is 25.3 Å². The van der Waals surface area contributed by atoms with Crippen molar-refractivity contribution in [3.05, 3.63) is 78.2 Å². The molecule has 0 radical (unpaired) electrons. The van der Waals surface area contributed by atoms with E-state index in [0.717, 1.165) is 37.1 Å². The van der Waals surface area contributed by atoms with E-state index in [4.69, 9.17) is 13.9 Å². The second-order valence-corrected chi connectivity index (χ2v) is 8.54. The first-order valence-electron chi connectivity index (χ1n) is 11.3. The summed E-state index contributed by atoms with van der Waals surface area (Å²) in [4.78, 5) is 19.1. The van der Waals surface area contributed by atoms with Crippen LogP contribution >= 0.6 is 0 Å². The molecule has 1 saturated heterocycles. The maximum absolute atomic E-state index is 13.2. The molecule has 9 heteroatoms. The number of benzene rings is 2. The van der Waals surface area contributed by atoms with Crippen molar-refractivity contribution < 1.29 is 18.7 Å². The van der Waals surface area contributed by atoms with Gasteiger partial charge in [0.1, 0.15) is 0 Å². The van der Waals surface area contributed by atoms with Crippen LogP contribution in [-0.4, -0.2) is 50.4 Å². The van der Waals surface area contributed by atoms with Crippen LogP contribution in [0.25, 0.3) is 11.5 Å². The number of amides is 1. The topological polar surface area (TPSA) is 95.5 Å². The molecule has 4 heterocycles. The molecular formula is C25H23N5O4. The molecule has 4 aromatic rings. The largest absolute Gasteiger partial charge is 0.454 e. The lowest BCUT2D eigenvalue weighted by Crippen LogP contribution is -2.39. The molecule has 1 atom stereocenters. The molecule has 0 N–H and O–H groups in total. The second kappa shape index (κ2) is 8.66. The highest BCUT2D eigenvalue weighted by atomic mass is 16.7. The van der Waals surface area contributed by atoms with Gasteiger partial charge in [0.15, 0.2) is 11.5 Å². The van der Waals surface area contributed by atoms with Crippen molar-refractivity contribution in [3.63, 3.8) is 0 Å². The number of likely N-dealkylation sites (tertiary alicyclic amines) is 1. The Morgan fingerprint density at radius 1 is 1.06 bits per heavy atom. The molecule has 2 aliphatic rings. The van der Waals surface area contributed by atoms with Crippen molar-refractivity contribution in [2.24, 2.45) is 0 Å². The van der Waals surface area contributed by atoms with Gasteiger partial charge < -0.3 is 23.4 Å². The highest BCUT2D eigenvalue weighted by molar-refractivity contribution is 5.94. The predicted molar refractivity (Wildman–Crippen MR) is 122 cm³/mol. The molecule has 2 aromatic carbocycles. The smallest absolute Gasteiger partial charge is 0.253 e. The Bertz CT molecular complexity index is 1300.